The van der Waals surface area contributed by atoms with Crippen LogP contribution in [0.15, 0.2) is 0 Å². The summed E-state index contributed by atoms with van der Waals surface area (Å²) < 4.78 is 0. The molecule has 1 heterocycles. The zero-order valence-electron chi connectivity index (χ0n) is 10.4. The van der Waals surface area contributed by atoms with Crippen LogP contribution in [0.1, 0.15) is 39.5 Å². The van der Waals surface area contributed by atoms with E-state index in [1.807, 2.05) is 11.8 Å². The minimum atomic E-state index is -0.223. The lowest BCUT2D eigenvalue weighted by atomic mass is 9.93. The van der Waals surface area contributed by atoms with Crippen molar-refractivity contribution < 1.29 is 4.79 Å². The number of nitrogens with one attached hydrogen (secondary N) is 1. The fraction of sp³-hybridized carbons (Fsp3) is 0.917. The van der Waals surface area contributed by atoms with Gasteiger partial charge in [0, 0.05) is 18.0 Å². The van der Waals surface area contributed by atoms with Crippen LogP contribution in [-0.2, 0) is 4.79 Å². The summed E-state index contributed by atoms with van der Waals surface area (Å²) in [6.45, 7) is 4.77. The van der Waals surface area contributed by atoms with Crippen molar-refractivity contribution in [3.63, 3.8) is 0 Å². The Hall–Kier alpha value is -0.220. The molecule has 0 saturated carbocycles. The Morgan fingerprint density at radius 3 is 2.44 bits per heavy atom. The summed E-state index contributed by atoms with van der Waals surface area (Å²) in [4.78, 5) is 11.9. The fourth-order valence-corrected chi connectivity index (χ4v) is 2.97. The van der Waals surface area contributed by atoms with E-state index in [1.54, 1.807) is 0 Å². The van der Waals surface area contributed by atoms with Crippen LogP contribution < -0.4 is 11.1 Å². The average Bonchev–Trinajstić information content (AvgIpc) is 2.36. The summed E-state index contributed by atoms with van der Waals surface area (Å²) in [6.07, 6.45) is 3.85. The fourth-order valence-electron chi connectivity index (χ4n) is 1.87. The van der Waals surface area contributed by atoms with Crippen LogP contribution in [0, 0.1) is 5.92 Å². The molecule has 3 N–H and O–H groups in total. The molecule has 94 valence electrons. The van der Waals surface area contributed by atoms with Crippen LogP contribution in [0.4, 0.5) is 0 Å². The Bertz CT molecular complexity index is 223. The number of rotatable bonds is 5. The van der Waals surface area contributed by atoms with Crippen molar-refractivity contribution in [2.75, 3.05) is 18.1 Å². The van der Waals surface area contributed by atoms with Crippen LogP contribution in [0.5, 0.6) is 0 Å². The van der Waals surface area contributed by atoms with E-state index in [2.05, 4.69) is 19.2 Å². The Morgan fingerprint density at radius 1 is 1.38 bits per heavy atom. The molecule has 1 fully saturated rings. The zero-order chi connectivity index (χ0) is 12.0. The first-order valence-corrected chi connectivity index (χ1v) is 7.41. The molecule has 1 aliphatic heterocycles. The third kappa shape index (κ3) is 3.98. The van der Waals surface area contributed by atoms with Crippen LogP contribution >= 0.6 is 11.8 Å². The smallest absolute Gasteiger partial charge is 0.223 e. The summed E-state index contributed by atoms with van der Waals surface area (Å²) in [5, 5.41) is 3.02. The number of thioether (sulfide) groups is 1. The number of hydrogen-bond donors (Lipinski definition) is 2. The molecule has 0 atom stereocenters. The Labute approximate surface area is 103 Å². The van der Waals surface area contributed by atoms with Crippen LogP contribution in [-0.4, -0.2) is 29.5 Å². The zero-order valence-corrected chi connectivity index (χ0v) is 11.2. The van der Waals surface area contributed by atoms with E-state index < -0.39 is 0 Å². The number of nitrogens with two attached hydrogens (primary N) is 1. The predicted octanol–water partition coefficient (Wildman–Crippen LogP) is 1.76. The summed E-state index contributed by atoms with van der Waals surface area (Å²) in [6, 6.07) is 0. The number of amides is 1. The molecule has 0 radical (unpaired) electrons. The Kier molecular flexibility index (Phi) is 5.62. The molecule has 1 rings (SSSR count). The van der Waals surface area contributed by atoms with Gasteiger partial charge in [0.1, 0.15) is 0 Å². The second-order valence-corrected chi connectivity index (χ2v) is 5.90. The Balaban J connectivity index is 2.33. The lowest BCUT2D eigenvalue weighted by Gasteiger charge is -2.28. The first kappa shape index (κ1) is 13.8. The minimum Gasteiger partial charge on any atom is -0.354 e. The molecule has 0 unspecified atom stereocenters. The molecule has 3 nitrogen and oxygen atoms in total. The van der Waals surface area contributed by atoms with E-state index in [9.17, 15) is 4.79 Å². The monoisotopic (exact) mass is 244 g/mol. The highest BCUT2D eigenvalue weighted by atomic mass is 32.2. The molecular formula is C12H24N2OS. The van der Waals surface area contributed by atoms with Gasteiger partial charge in [0.05, 0.1) is 0 Å². The van der Waals surface area contributed by atoms with Gasteiger partial charge in [-0.1, -0.05) is 13.8 Å². The lowest BCUT2D eigenvalue weighted by Crippen LogP contribution is -2.50. The van der Waals surface area contributed by atoms with E-state index in [0.29, 0.717) is 6.54 Å². The largest absolute Gasteiger partial charge is 0.354 e. The maximum Gasteiger partial charge on any atom is 0.223 e. The van der Waals surface area contributed by atoms with Crippen LogP contribution in [0.2, 0.25) is 0 Å². The standard InChI is InChI=1S/C12H24N2OS/c1-3-12(13,4-2)9-14-11(15)10-5-7-16-8-6-10/h10H,3-9,13H2,1-2H3,(H,14,15). The number of carbonyl (C=O) groups is 1. The van der Waals surface area contributed by atoms with Crippen molar-refractivity contribution in [1.29, 1.82) is 0 Å². The van der Waals surface area contributed by atoms with Crippen LogP contribution in [0.25, 0.3) is 0 Å². The molecule has 1 amide bonds. The maximum absolute atomic E-state index is 11.9. The van der Waals surface area contributed by atoms with Crippen LogP contribution in [0.3, 0.4) is 0 Å². The summed E-state index contributed by atoms with van der Waals surface area (Å²) in [5.74, 6) is 2.66. The molecule has 4 heteroatoms. The average molecular weight is 244 g/mol. The molecule has 0 aromatic rings. The third-order valence-electron chi connectivity index (χ3n) is 3.62. The van der Waals surface area contributed by atoms with Gasteiger partial charge in [-0.25, -0.2) is 0 Å². The minimum absolute atomic E-state index is 0.206. The highest BCUT2D eigenvalue weighted by Gasteiger charge is 2.25. The summed E-state index contributed by atoms with van der Waals surface area (Å²) >= 11 is 1.94. The molecule has 1 aliphatic rings. The SMILES string of the molecule is CCC(N)(CC)CNC(=O)C1CCSCC1. The molecule has 1 saturated heterocycles. The molecule has 0 spiro atoms. The first-order chi connectivity index (χ1) is 7.61. The van der Waals surface area contributed by atoms with Crippen molar-refractivity contribution in [3.8, 4) is 0 Å². The molecule has 0 bridgehead atoms. The quantitative estimate of drug-likeness (QED) is 0.775. The van der Waals surface area contributed by atoms with Gasteiger partial charge in [0.2, 0.25) is 5.91 Å². The van der Waals surface area contributed by atoms with Crippen molar-refractivity contribution in [2.45, 2.75) is 45.1 Å². The van der Waals surface area contributed by atoms with Crippen molar-refractivity contribution in [2.24, 2.45) is 11.7 Å². The van der Waals surface area contributed by atoms with Gasteiger partial charge in [-0.3, -0.25) is 4.79 Å². The van der Waals surface area contributed by atoms with Gasteiger partial charge in [-0.05, 0) is 37.2 Å². The van der Waals surface area contributed by atoms with Crippen molar-refractivity contribution >= 4 is 17.7 Å². The highest BCUT2D eigenvalue weighted by Crippen LogP contribution is 2.22. The predicted molar refractivity (Wildman–Crippen MR) is 70.6 cm³/mol. The Morgan fingerprint density at radius 2 is 1.94 bits per heavy atom. The first-order valence-electron chi connectivity index (χ1n) is 6.25. The van der Waals surface area contributed by atoms with Crippen molar-refractivity contribution in [1.82, 2.24) is 5.32 Å². The summed E-state index contributed by atoms with van der Waals surface area (Å²) in [5.41, 5.74) is 5.93. The molecular weight excluding hydrogens is 220 g/mol. The molecule has 0 aliphatic carbocycles. The van der Waals surface area contributed by atoms with E-state index in [1.165, 1.54) is 0 Å². The van der Waals surface area contributed by atoms with Gasteiger partial charge >= 0.3 is 0 Å². The van der Waals surface area contributed by atoms with E-state index >= 15 is 0 Å². The number of carbonyl (C=O) groups excluding carboxylic acids is 1. The van der Waals surface area contributed by atoms with Crippen molar-refractivity contribution in [3.05, 3.63) is 0 Å². The van der Waals surface area contributed by atoms with E-state index in [4.69, 9.17) is 5.73 Å². The molecule has 0 aromatic heterocycles. The van der Waals surface area contributed by atoms with Gasteiger partial charge in [-0.15, -0.1) is 0 Å². The van der Waals surface area contributed by atoms with Gasteiger partial charge in [-0.2, -0.15) is 11.8 Å². The molecule has 0 aromatic carbocycles. The second kappa shape index (κ2) is 6.50. The lowest BCUT2D eigenvalue weighted by molar-refractivity contribution is -0.125. The topological polar surface area (TPSA) is 55.1 Å². The van der Waals surface area contributed by atoms with Gasteiger partial charge in [0.25, 0.3) is 0 Å². The third-order valence-corrected chi connectivity index (χ3v) is 4.66. The normalized spacial score (nSPS) is 18.4. The van der Waals surface area contributed by atoms with Gasteiger partial charge in [0.15, 0.2) is 0 Å². The number of hydrogen-bond acceptors (Lipinski definition) is 3. The van der Waals surface area contributed by atoms with Gasteiger partial charge < -0.3 is 11.1 Å². The summed E-state index contributed by atoms with van der Waals surface area (Å²) in [7, 11) is 0. The maximum atomic E-state index is 11.9. The second-order valence-electron chi connectivity index (χ2n) is 4.67. The van der Waals surface area contributed by atoms with E-state index in [0.717, 1.165) is 37.2 Å². The molecule has 16 heavy (non-hydrogen) atoms. The van der Waals surface area contributed by atoms with E-state index in [-0.39, 0.29) is 17.4 Å². The highest BCUT2D eigenvalue weighted by molar-refractivity contribution is 7.99.